The molecule has 5 heteroatoms. The number of carbonyl (C=O) groups excluding carboxylic acids is 1. The molecule has 2 fully saturated rings. The normalized spacial score (nSPS) is 28.1. The number of benzene rings is 1. The van der Waals surface area contributed by atoms with E-state index in [2.05, 4.69) is 4.90 Å². The van der Waals surface area contributed by atoms with Gasteiger partial charge in [-0.2, -0.15) is 0 Å². The zero-order valence-corrected chi connectivity index (χ0v) is 12.1. The van der Waals surface area contributed by atoms with Crippen molar-refractivity contribution in [3.8, 4) is 0 Å². The minimum absolute atomic E-state index is 0.0828. The molecular formula is C15H19ClN2O2. The third kappa shape index (κ3) is 2.68. The Labute approximate surface area is 123 Å². The van der Waals surface area contributed by atoms with E-state index in [0.717, 1.165) is 38.0 Å². The van der Waals surface area contributed by atoms with E-state index in [9.17, 15) is 9.90 Å². The van der Waals surface area contributed by atoms with Crippen LogP contribution in [0.2, 0.25) is 5.02 Å². The summed E-state index contributed by atoms with van der Waals surface area (Å²) in [5.41, 5.74) is 0.902. The lowest BCUT2D eigenvalue weighted by Gasteiger charge is -2.33. The van der Waals surface area contributed by atoms with Gasteiger partial charge in [-0.25, -0.2) is 0 Å². The lowest BCUT2D eigenvalue weighted by Crippen LogP contribution is -2.48. The highest BCUT2D eigenvalue weighted by molar-refractivity contribution is 6.30. The summed E-state index contributed by atoms with van der Waals surface area (Å²) in [5, 5.41) is 10.4. The van der Waals surface area contributed by atoms with E-state index in [0.29, 0.717) is 11.6 Å². The van der Waals surface area contributed by atoms with Gasteiger partial charge in [-0.3, -0.25) is 9.69 Å². The third-order valence-electron chi connectivity index (χ3n) is 4.18. The summed E-state index contributed by atoms with van der Waals surface area (Å²) >= 11 is 5.88. The summed E-state index contributed by atoms with van der Waals surface area (Å²) in [7, 11) is 0. The van der Waals surface area contributed by atoms with Crippen LogP contribution in [0.1, 0.15) is 19.3 Å². The number of nitrogens with zero attached hydrogens (tertiary/aromatic N) is 2. The Morgan fingerprint density at radius 2 is 1.90 bits per heavy atom. The van der Waals surface area contributed by atoms with E-state index < -0.39 is 0 Å². The van der Waals surface area contributed by atoms with E-state index >= 15 is 0 Å². The zero-order valence-electron chi connectivity index (χ0n) is 11.3. The number of aliphatic hydroxyl groups excluding tert-OH is 1. The molecule has 20 heavy (non-hydrogen) atoms. The van der Waals surface area contributed by atoms with Crippen molar-refractivity contribution in [2.45, 2.75) is 31.4 Å². The fourth-order valence-electron chi connectivity index (χ4n) is 3.15. The third-order valence-corrected chi connectivity index (χ3v) is 4.44. The molecule has 108 valence electrons. The molecule has 0 bridgehead atoms. The molecule has 2 unspecified atom stereocenters. The zero-order chi connectivity index (χ0) is 14.1. The Hall–Kier alpha value is -1.10. The van der Waals surface area contributed by atoms with Gasteiger partial charge < -0.3 is 10.0 Å². The number of hydrogen-bond donors (Lipinski definition) is 1. The van der Waals surface area contributed by atoms with Crippen LogP contribution in [0, 0.1) is 0 Å². The number of likely N-dealkylation sites (tertiary alicyclic amines) is 1. The fourth-order valence-corrected chi connectivity index (χ4v) is 3.27. The lowest BCUT2D eigenvalue weighted by molar-refractivity contribution is -0.122. The Balaban J connectivity index is 1.72. The van der Waals surface area contributed by atoms with Crippen molar-refractivity contribution in [2.75, 3.05) is 24.5 Å². The molecule has 1 aromatic rings. The molecule has 2 saturated heterocycles. The van der Waals surface area contributed by atoms with Gasteiger partial charge in [0.25, 0.3) is 0 Å². The molecule has 0 spiro atoms. The van der Waals surface area contributed by atoms with Gasteiger partial charge in [0.05, 0.1) is 12.1 Å². The van der Waals surface area contributed by atoms with Gasteiger partial charge in [0.2, 0.25) is 5.91 Å². The lowest BCUT2D eigenvalue weighted by atomic mass is 10.1. The van der Waals surface area contributed by atoms with Crippen LogP contribution in [-0.4, -0.2) is 47.7 Å². The van der Waals surface area contributed by atoms with Gasteiger partial charge in [0.1, 0.15) is 0 Å². The molecule has 0 saturated carbocycles. The Bertz CT molecular complexity index is 491. The number of piperidine rings is 1. The molecular weight excluding hydrogens is 276 g/mol. The molecule has 0 radical (unpaired) electrons. The highest BCUT2D eigenvalue weighted by Crippen LogP contribution is 2.27. The molecule has 2 atom stereocenters. The molecule has 2 aliphatic rings. The second kappa shape index (κ2) is 5.72. The van der Waals surface area contributed by atoms with E-state index in [-0.39, 0.29) is 18.1 Å². The van der Waals surface area contributed by atoms with Crippen molar-refractivity contribution >= 4 is 23.2 Å². The second-order valence-electron chi connectivity index (χ2n) is 5.56. The largest absolute Gasteiger partial charge is 0.392 e. The summed E-state index contributed by atoms with van der Waals surface area (Å²) in [4.78, 5) is 16.5. The Kier molecular flexibility index (Phi) is 3.96. The van der Waals surface area contributed by atoms with Gasteiger partial charge >= 0.3 is 0 Å². The standard InChI is InChI=1S/C15H19ClN2O2/c16-11-3-5-12(6-4-11)18-9-7-14(15(18)20)17-8-1-2-13(19)10-17/h3-6,13-14,19H,1-2,7-10H2. The van der Waals surface area contributed by atoms with Crippen molar-refractivity contribution in [1.82, 2.24) is 4.90 Å². The Morgan fingerprint density at radius 1 is 1.15 bits per heavy atom. The topological polar surface area (TPSA) is 43.8 Å². The summed E-state index contributed by atoms with van der Waals surface area (Å²) in [6.45, 7) is 2.25. The molecule has 2 aliphatic heterocycles. The van der Waals surface area contributed by atoms with Crippen LogP contribution in [0.15, 0.2) is 24.3 Å². The number of anilines is 1. The van der Waals surface area contributed by atoms with Crippen LogP contribution in [-0.2, 0) is 4.79 Å². The molecule has 4 nitrogen and oxygen atoms in total. The van der Waals surface area contributed by atoms with Gasteiger partial charge in [0.15, 0.2) is 0 Å². The average Bonchev–Trinajstić information content (AvgIpc) is 2.82. The molecule has 3 rings (SSSR count). The molecule has 0 aromatic heterocycles. The number of amides is 1. The number of carbonyl (C=O) groups is 1. The number of rotatable bonds is 2. The Morgan fingerprint density at radius 3 is 2.60 bits per heavy atom. The maximum atomic E-state index is 12.6. The summed E-state index contributed by atoms with van der Waals surface area (Å²) in [6.07, 6.45) is 2.35. The van der Waals surface area contributed by atoms with Crippen molar-refractivity contribution in [3.63, 3.8) is 0 Å². The number of hydrogen-bond acceptors (Lipinski definition) is 3. The van der Waals surface area contributed by atoms with Crippen LogP contribution in [0.4, 0.5) is 5.69 Å². The summed E-state index contributed by atoms with van der Waals surface area (Å²) in [6, 6.07) is 7.30. The quantitative estimate of drug-likeness (QED) is 0.906. The first-order chi connectivity index (χ1) is 9.65. The predicted molar refractivity (Wildman–Crippen MR) is 79.0 cm³/mol. The van der Waals surface area contributed by atoms with E-state index in [1.54, 1.807) is 0 Å². The van der Waals surface area contributed by atoms with Gasteiger partial charge in [-0.1, -0.05) is 11.6 Å². The second-order valence-corrected chi connectivity index (χ2v) is 6.00. The van der Waals surface area contributed by atoms with Crippen LogP contribution in [0.25, 0.3) is 0 Å². The first-order valence-electron chi connectivity index (χ1n) is 7.14. The summed E-state index contributed by atoms with van der Waals surface area (Å²) in [5.74, 6) is 0.140. The van der Waals surface area contributed by atoms with Crippen molar-refractivity contribution < 1.29 is 9.90 Å². The van der Waals surface area contributed by atoms with Crippen LogP contribution in [0.3, 0.4) is 0 Å². The van der Waals surface area contributed by atoms with Crippen LogP contribution >= 0.6 is 11.6 Å². The number of β-amino-alcohol motifs (C(OH)–C–C–N with tert-alkyl or cyclic N) is 1. The highest BCUT2D eigenvalue weighted by atomic mass is 35.5. The minimum atomic E-state index is -0.291. The molecule has 1 N–H and O–H groups in total. The average molecular weight is 295 g/mol. The van der Waals surface area contributed by atoms with E-state index in [1.807, 2.05) is 29.2 Å². The van der Waals surface area contributed by atoms with Crippen molar-refractivity contribution in [2.24, 2.45) is 0 Å². The van der Waals surface area contributed by atoms with Crippen LogP contribution < -0.4 is 4.90 Å². The molecule has 0 aliphatic carbocycles. The molecule has 1 aromatic carbocycles. The van der Waals surface area contributed by atoms with E-state index in [1.165, 1.54) is 0 Å². The molecule has 2 heterocycles. The number of aliphatic hydroxyl groups is 1. The SMILES string of the molecule is O=C1C(N2CCCC(O)C2)CCN1c1ccc(Cl)cc1. The van der Waals surface area contributed by atoms with Crippen molar-refractivity contribution in [3.05, 3.63) is 29.3 Å². The van der Waals surface area contributed by atoms with Gasteiger partial charge in [0, 0.05) is 23.8 Å². The van der Waals surface area contributed by atoms with E-state index in [4.69, 9.17) is 11.6 Å². The molecule has 1 amide bonds. The maximum Gasteiger partial charge on any atom is 0.244 e. The monoisotopic (exact) mass is 294 g/mol. The smallest absolute Gasteiger partial charge is 0.244 e. The first-order valence-corrected chi connectivity index (χ1v) is 7.52. The van der Waals surface area contributed by atoms with Gasteiger partial charge in [-0.05, 0) is 50.1 Å². The number of halogens is 1. The fraction of sp³-hybridized carbons (Fsp3) is 0.533. The van der Waals surface area contributed by atoms with Crippen LogP contribution in [0.5, 0.6) is 0 Å². The minimum Gasteiger partial charge on any atom is -0.392 e. The first kappa shape index (κ1) is 13.9. The summed E-state index contributed by atoms with van der Waals surface area (Å²) < 4.78 is 0. The van der Waals surface area contributed by atoms with Crippen molar-refractivity contribution in [1.29, 1.82) is 0 Å². The predicted octanol–water partition coefficient (Wildman–Crippen LogP) is 1.90. The maximum absolute atomic E-state index is 12.6. The highest BCUT2D eigenvalue weighted by Gasteiger charge is 2.38. The van der Waals surface area contributed by atoms with Gasteiger partial charge in [-0.15, -0.1) is 0 Å².